The van der Waals surface area contributed by atoms with Crippen LogP contribution < -0.4 is 4.74 Å². The first-order valence-electron chi connectivity index (χ1n) is 9.99. The second-order valence-corrected chi connectivity index (χ2v) is 9.23. The van der Waals surface area contributed by atoms with E-state index in [1.165, 1.54) is 5.56 Å². The Morgan fingerprint density at radius 1 is 1.06 bits per heavy atom. The minimum Gasteiger partial charge on any atom is -0.496 e. The summed E-state index contributed by atoms with van der Waals surface area (Å²) in [5, 5.41) is 16.6. The molecule has 0 aliphatic heterocycles. The van der Waals surface area contributed by atoms with Gasteiger partial charge in [-0.05, 0) is 34.5 Å². The molecule has 0 bridgehead atoms. The van der Waals surface area contributed by atoms with Gasteiger partial charge in [0.05, 0.1) is 13.3 Å². The van der Waals surface area contributed by atoms with Gasteiger partial charge in [-0.2, -0.15) is 9.78 Å². The van der Waals surface area contributed by atoms with Crippen LogP contribution in [-0.4, -0.2) is 28.2 Å². The van der Waals surface area contributed by atoms with Crippen LogP contribution in [0.15, 0.2) is 75.4 Å². The SMILES string of the molecule is COc1ccc2ccccc2c1/C=N/n1c(SCc2ccc(Br)cc2)nnc1C(C)C. The number of methoxy groups -OCH3 is 1. The van der Waals surface area contributed by atoms with E-state index in [0.29, 0.717) is 0 Å². The topological polar surface area (TPSA) is 52.3 Å². The number of halogens is 1. The van der Waals surface area contributed by atoms with Crippen LogP contribution in [0.3, 0.4) is 0 Å². The second-order valence-electron chi connectivity index (χ2n) is 7.37. The summed E-state index contributed by atoms with van der Waals surface area (Å²) in [6, 6.07) is 20.6. The van der Waals surface area contributed by atoms with Crippen molar-refractivity contribution in [3.63, 3.8) is 0 Å². The number of aromatic nitrogens is 3. The summed E-state index contributed by atoms with van der Waals surface area (Å²) in [6.07, 6.45) is 1.85. The predicted molar refractivity (Wildman–Crippen MR) is 131 cm³/mol. The molecule has 0 radical (unpaired) electrons. The van der Waals surface area contributed by atoms with Crippen molar-refractivity contribution >= 4 is 44.7 Å². The molecule has 4 rings (SSSR count). The first-order chi connectivity index (χ1) is 15.1. The van der Waals surface area contributed by atoms with Crippen molar-refractivity contribution in [1.29, 1.82) is 0 Å². The van der Waals surface area contributed by atoms with Gasteiger partial charge in [0.15, 0.2) is 5.82 Å². The Morgan fingerprint density at radius 3 is 2.58 bits per heavy atom. The van der Waals surface area contributed by atoms with Crippen LogP contribution in [0.5, 0.6) is 5.75 Å². The normalized spacial score (nSPS) is 11.6. The van der Waals surface area contributed by atoms with E-state index in [1.54, 1.807) is 18.9 Å². The minimum absolute atomic E-state index is 0.195. The third kappa shape index (κ3) is 4.83. The molecular weight excluding hydrogens is 472 g/mol. The fourth-order valence-electron chi connectivity index (χ4n) is 3.27. The maximum absolute atomic E-state index is 5.61. The zero-order chi connectivity index (χ0) is 21.8. The Hall–Kier alpha value is -2.64. The zero-order valence-electron chi connectivity index (χ0n) is 17.6. The summed E-state index contributed by atoms with van der Waals surface area (Å²) in [7, 11) is 1.68. The number of rotatable bonds is 7. The molecule has 3 aromatic carbocycles. The fourth-order valence-corrected chi connectivity index (χ4v) is 4.38. The van der Waals surface area contributed by atoms with Crippen LogP contribution in [0.25, 0.3) is 10.8 Å². The van der Waals surface area contributed by atoms with Crippen molar-refractivity contribution in [3.8, 4) is 5.75 Å². The van der Waals surface area contributed by atoms with E-state index in [1.807, 2.05) is 41.2 Å². The van der Waals surface area contributed by atoms with Gasteiger partial charge in [-0.1, -0.05) is 84.0 Å². The molecule has 1 aromatic heterocycles. The lowest BCUT2D eigenvalue weighted by atomic mass is 10.0. The average Bonchev–Trinajstić information content (AvgIpc) is 3.20. The maximum atomic E-state index is 5.61. The predicted octanol–water partition coefficient (Wildman–Crippen LogP) is 6.50. The van der Waals surface area contributed by atoms with E-state index < -0.39 is 0 Å². The molecule has 0 amide bonds. The van der Waals surface area contributed by atoms with Crippen LogP contribution >= 0.6 is 27.7 Å². The van der Waals surface area contributed by atoms with Crippen molar-refractivity contribution in [3.05, 3.63) is 82.1 Å². The monoisotopic (exact) mass is 494 g/mol. The highest BCUT2D eigenvalue weighted by Gasteiger charge is 2.16. The standard InChI is InChI=1S/C24H23BrN4OS/c1-16(2)23-27-28-24(31-15-17-8-11-19(25)12-9-17)29(23)26-14-21-20-7-5-4-6-18(20)10-13-22(21)30-3/h4-14,16H,15H2,1-3H3/b26-14+. The van der Waals surface area contributed by atoms with Gasteiger partial charge in [0.2, 0.25) is 5.16 Å². The molecule has 0 aliphatic carbocycles. The first-order valence-corrected chi connectivity index (χ1v) is 11.8. The Labute approximate surface area is 194 Å². The third-order valence-electron chi connectivity index (χ3n) is 4.89. The molecule has 1 heterocycles. The molecular formula is C24H23BrN4OS. The van der Waals surface area contributed by atoms with Gasteiger partial charge < -0.3 is 4.74 Å². The average molecular weight is 495 g/mol. The van der Waals surface area contributed by atoms with Gasteiger partial charge in [0.25, 0.3) is 0 Å². The maximum Gasteiger partial charge on any atom is 0.212 e. The van der Waals surface area contributed by atoms with Gasteiger partial charge in [-0.25, -0.2) is 0 Å². The molecule has 0 fully saturated rings. The molecule has 0 saturated heterocycles. The molecule has 31 heavy (non-hydrogen) atoms. The van der Waals surface area contributed by atoms with Crippen molar-refractivity contribution < 1.29 is 4.74 Å². The Kier molecular flexibility index (Phi) is 6.73. The Bertz CT molecular complexity index is 1220. The highest BCUT2D eigenvalue weighted by molar-refractivity contribution is 9.10. The molecule has 158 valence electrons. The number of hydrogen-bond donors (Lipinski definition) is 0. The number of fused-ring (bicyclic) bond motifs is 1. The molecule has 0 aliphatic rings. The van der Waals surface area contributed by atoms with Gasteiger partial charge in [0.1, 0.15) is 5.75 Å². The smallest absolute Gasteiger partial charge is 0.212 e. The molecule has 0 saturated carbocycles. The third-order valence-corrected chi connectivity index (χ3v) is 6.41. The lowest BCUT2D eigenvalue weighted by Gasteiger charge is -2.10. The summed E-state index contributed by atoms with van der Waals surface area (Å²) >= 11 is 5.10. The lowest BCUT2D eigenvalue weighted by molar-refractivity contribution is 0.415. The number of hydrogen-bond acceptors (Lipinski definition) is 5. The van der Waals surface area contributed by atoms with Gasteiger partial charge in [-0.3, -0.25) is 0 Å². The zero-order valence-corrected chi connectivity index (χ0v) is 20.0. The van der Waals surface area contributed by atoms with Crippen LogP contribution in [-0.2, 0) is 5.75 Å². The van der Waals surface area contributed by atoms with Crippen molar-refractivity contribution in [2.75, 3.05) is 7.11 Å². The number of ether oxygens (including phenoxy) is 1. The van der Waals surface area contributed by atoms with Crippen molar-refractivity contribution in [1.82, 2.24) is 14.9 Å². The minimum atomic E-state index is 0.195. The Balaban J connectivity index is 1.69. The summed E-state index contributed by atoms with van der Waals surface area (Å²) in [6.45, 7) is 4.19. The number of nitrogens with zero attached hydrogens (tertiary/aromatic N) is 4. The van der Waals surface area contributed by atoms with E-state index in [4.69, 9.17) is 9.84 Å². The highest BCUT2D eigenvalue weighted by Crippen LogP contribution is 2.28. The highest BCUT2D eigenvalue weighted by atomic mass is 79.9. The quantitative estimate of drug-likeness (QED) is 0.217. The van der Waals surface area contributed by atoms with Gasteiger partial charge in [-0.15, -0.1) is 10.2 Å². The van der Waals surface area contributed by atoms with E-state index in [2.05, 4.69) is 70.3 Å². The van der Waals surface area contributed by atoms with E-state index in [-0.39, 0.29) is 5.92 Å². The number of benzene rings is 3. The second kappa shape index (κ2) is 9.66. The van der Waals surface area contributed by atoms with E-state index in [9.17, 15) is 0 Å². The lowest BCUT2D eigenvalue weighted by Crippen LogP contribution is -2.03. The summed E-state index contributed by atoms with van der Waals surface area (Å²) < 4.78 is 8.52. The molecule has 5 nitrogen and oxygen atoms in total. The molecule has 0 atom stereocenters. The summed E-state index contributed by atoms with van der Waals surface area (Å²) in [5.74, 6) is 2.59. The molecule has 0 N–H and O–H groups in total. The molecule has 7 heteroatoms. The number of thioether (sulfide) groups is 1. The van der Waals surface area contributed by atoms with Crippen molar-refractivity contribution in [2.45, 2.75) is 30.7 Å². The van der Waals surface area contributed by atoms with Crippen LogP contribution in [0.1, 0.15) is 36.7 Å². The van der Waals surface area contributed by atoms with Crippen molar-refractivity contribution in [2.24, 2.45) is 5.10 Å². The fraction of sp³-hybridized carbons (Fsp3) is 0.208. The van der Waals surface area contributed by atoms with Crippen LogP contribution in [0.4, 0.5) is 0 Å². The first kappa shape index (κ1) is 21.6. The molecule has 4 aromatic rings. The molecule has 0 unspecified atom stereocenters. The van der Waals surface area contributed by atoms with Gasteiger partial charge in [0, 0.05) is 21.7 Å². The van der Waals surface area contributed by atoms with E-state index >= 15 is 0 Å². The largest absolute Gasteiger partial charge is 0.496 e. The van der Waals surface area contributed by atoms with Crippen LogP contribution in [0, 0.1) is 0 Å². The van der Waals surface area contributed by atoms with Crippen LogP contribution in [0.2, 0.25) is 0 Å². The van der Waals surface area contributed by atoms with Gasteiger partial charge >= 0.3 is 0 Å². The van der Waals surface area contributed by atoms with E-state index in [0.717, 1.165) is 43.3 Å². The molecule has 0 spiro atoms. The summed E-state index contributed by atoms with van der Waals surface area (Å²) in [5.41, 5.74) is 2.15. The summed E-state index contributed by atoms with van der Waals surface area (Å²) in [4.78, 5) is 0. The Morgan fingerprint density at radius 2 is 1.84 bits per heavy atom.